The fourth-order valence-electron chi connectivity index (χ4n) is 1.21. The molecule has 80 valence electrons. The van der Waals surface area contributed by atoms with Gasteiger partial charge in [0.25, 0.3) is 0 Å². The van der Waals surface area contributed by atoms with Crippen LogP contribution in [0.1, 0.15) is 25.5 Å². The van der Waals surface area contributed by atoms with Gasteiger partial charge in [0.15, 0.2) is 0 Å². The fraction of sp³-hybridized carbons (Fsp3) is 0.364. The first kappa shape index (κ1) is 11.6. The minimum Gasteiger partial charge on any atom is -0.323 e. The summed E-state index contributed by atoms with van der Waals surface area (Å²) in [5, 5.41) is 8.84. The van der Waals surface area contributed by atoms with E-state index in [4.69, 9.17) is 11.0 Å². The minimum absolute atomic E-state index is 0.156. The van der Waals surface area contributed by atoms with E-state index in [1.54, 1.807) is 13.8 Å². The molecule has 0 saturated carbocycles. The molecule has 0 bridgehead atoms. The first-order valence-corrected chi connectivity index (χ1v) is 4.50. The van der Waals surface area contributed by atoms with Gasteiger partial charge < -0.3 is 5.73 Å². The van der Waals surface area contributed by atoms with Crippen LogP contribution < -0.4 is 5.73 Å². The number of halogens is 2. The van der Waals surface area contributed by atoms with Crippen LogP contribution in [0.15, 0.2) is 18.2 Å². The predicted molar refractivity (Wildman–Crippen MR) is 52.7 cm³/mol. The third-order valence-electron chi connectivity index (χ3n) is 2.36. The Morgan fingerprint density at radius 3 is 2.47 bits per heavy atom. The van der Waals surface area contributed by atoms with E-state index in [0.717, 1.165) is 12.1 Å². The topological polar surface area (TPSA) is 49.8 Å². The van der Waals surface area contributed by atoms with Gasteiger partial charge in [-0.2, -0.15) is 5.26 Å². The van der Waals surface area contributed by atoms with Gasteiger partial charge in [-0.25, -0.2) is 8.78 Å². The van der Waals surface area contributed by atoms with E-state index >= 15 is 0 Å². The van der Waals surface area contributed by atoms with Crippen LogP contribution >= 0.6 is 0 Å². The van der Waals surface area contributed by atoms with Crippen LogP contribution in [0.4, 0.5) is 8.78 Å². The molecule has 0 aliphatic rings. The summed E-state index contributed by atoms with van der Waals surface area (Å²) in [4.78, 5) is 0. The van der Waals surface area contributed by atoms with E-state index in [9.17, 15) is 8.78 Å². The summed E-state index contributed by atoms with van der Waals surface area (Å²) in [6.45, 7) is 3.22. The molecule has 1 unspecified atom stereocenters. The Hall–Kier alpha value is -1.47. The maximum atomic E-state index is 13.3. The average Bonchev–Trinajstić information content (AvgIpc) is 2.17. The molecule has 0 aliphatic carbocycles. The normalized spacial score (nSPS) is 13.3. The van der Waals surface area contributed by atoms with E-state index in [1.807, 2.05) is 6.07 Å². The molecular weight excluding hydrogens is 198 g/mol. The molecule has 1 aromatic rings. The highest BCUT2D eigenvalue weighted by Crippen LogP contribution is 2.31. The number of rotatable bonds is 2. The van der Waals surface area contributed by atoms with Gasteiger partial charge in [-0.1, -0.05) is 6.07 Å². The van der Waals surface area contributed by atoms with Gasteiger partial charge in [0.1, 0.15) is 11.6 Å². The van der Waals surface area contributed by atoms with E-state index in [0.29, 0.717) is 0 Å². The van der Waals surface area contributed by atoms with E-state index in [-0.39, 0.29) is 5.56 Å². The third-order valence-corrected chi connectivity index (χ3v) is 2.36. The Bertz CT molecular complexity index is 408. The number of benzene rings is 1. The molecular formula is C11H12F2N2. The summed E-state index contributed by atoms with van der Waals surface area (Å²) in [6, 6.07) is 4.39. The van der Waals surface area contributed by atoms with Crippen molar-refractivity contribution in [3.63, 3.8) is 0 Å². The molecule has 0 heterocycles. The molecule has 1 aromatic carbocycles. The Kier molecular flexibility index (Phi) is 3.06. The van der Waals surface area contributed by atoms with Crippen LogP contribution in [0.2, 0.25) is 0 Å². The predicted octanol–water partition coefficient (Wildman–Crippen LogP) is 2.51. The van der Waals surface area contributed by atoms with Crippen molar-refractivity contribution >= 4 is 0 Å². The van der Waals surface area contributed by atoms with Crippen LogP contribution in [0.25, 0.3) is 0 Å². The minimum atomic E-state index is -0.890. The number of nitrogens with two attached hydrogens (primary N) is 1. The summed E-state index contributed by atoms with van der Waals surface area (Å²) < 4.78 is 26.0. The SMILES string of the molecule is CC(C)(C#N)C(N)c1ccc(F)cc1F. The summed E-state index contributed by atoms with van der Waals surface area (Å²) in [7, 11) is 0. The molecule has 2 nitrogen and oxygen atoms in total. The Labute approximate surface area is 87.3 Å². The lowest BCUT2D eigenvalue weighted by Crippen LogP contribution is -2.28. The molecule has 15 heavy (non-hydrogen) atoms. The lowest BCUT2D eigenvalue weighted by Gasteiger charge is -2.24. The van der Waals surface area contributed by atoms with Gasteiger partial charge >= 0.3 is 0 Å². The van der Waals surface area contributed by atoms with Gasteiger partial charge in [0, 0.05) is 11.6 Å². The molecule has 2 N–H and O–H groups in total. The number of hydrogen-bond donors (Lipinski definition) is 1. The van der Waals surface area contributed by atoms with Crippen molar-refractivity contribution in [3.05, 3.63) is 35.4 Å². The molecule has 0 spiro atoms. The van der Waals surface area contributed by atoms with Crippen LogP contribution in [-0.4, -0.2) is 0 Å². The van der Waals surface area contributed by atoms with Crippen LogP contribution in [0, 0.1) is 28.4 Å². The summed E-state index contributed by atoms with van der Waals surface area (Å²) >= 11 is 0. The van der Waals surface area contributed by atoms with Crippen molar-refractivity contribution < 1.29 is 8.78 Å². The summed E-state index contributed by atoms with van der Waals surface area (Å²) in [5.41, 5.74) is 5.01. The van der Waals surface area contributed by atoms with Gasteiger partial charge in [-0.15, -0.1) is 0 Å². The summed E-state index contributed by atoms with van der Waals surface area (Å²) in [6.07, 6.45) is 0. The number of hydrogen-bond acceptors (Lipinski definition) is 2. The first-order valence-electron chi connectivity index (χ1n) is 4.50. The highest BCUT2D eigenvalue weighted by molar-refractivity contribution is 5.25. The fourth-order valence-corrected chi connectivity index (χ4v) is 1.21. The van der Waals surface area contributed by atoms with Gasteiger partial charge in [0.05, 0.1) is 17.5 Å². The smallest absolute Gasteiger partial charge is 0.130 e. The maximum absolute atomic E-state index is 13.3. The second-order valence-corrected chi connectivity index (χ2v) is 3.98. The second kappa shape index (κ2) is 3.95. The van der Waals surface area contributed by atoms with Crippen molar-refractivity contribution in [3.8, 4) is 6.07 Å². The molecule has 0 radical (unpaired) electrons. The molecule has 1 atom stereocenters. The molecule has 0 fully saturated rings. The van der Waals surface area contributed by atoms with Gasteiger partial charge in [-0.05, 0) is 19.9 Å². The lowest BCUT2D eigenvalue weighted by molar-refractivity contribution is 0.380. The Morgan fingerprint density at radius 1 is 1.40 bits per heavy atom. The van der Waals surface area contributed by atoms with Crippen molar-refractivity contribution in [2.24, 2.45) is 11.1 Å². The van der Waals surface area contributed by atoms with Crippen molar-refractivity contribution in [2.45, 2.75) is 19.9 Å². The summed E-state index contributed by atoms with van der Waals surface area (Å²) in [5.74, 6) is -1.37. The number of nitriles is 1. The first-order chi connectivity index (χ1) is 6.88. The zero-order chi connectivity index (χ0) is 11.6. The highest BCUT2D eigenvalue weighted by Gasteiger charge is 2.29. The van der Waals surface area contributed by atoms with E-state index in [2.05, 4.69) is 0 Å². The maximum Gasteiger partial charge on any atom is 0.130 e. The molecule has 0 saturated heterocycles. The van der Waals surface area contributed by atoms with Gasteiger partial charge in [-0.3, -0.25) is 0 Å². The quantitative estimate of drug-likeness (QED) is 0.815. The van der Waals surface area contributed by atoms with Crippen molar-refractivity contribution in [1.29, 1.82) is 5.26 Å². The Balaban J connectivity index is 3.13. The van der Waals surface area contributed by atoms with Crippen molar-refractivity contribution in [2.75, 3.05) is 0 Å². The molecule has 0 amide bonds. The molecule has 4 heteroatoms. The highest BCUT2D eigenvalue weighted by atomic mass is 19.1. The molecule has 1 rings (SSSR count). The standard InChI is InChI=1S/C11H12F2N2/c1-11(2,6-14)10(15)8-4-3-7(12)5-9(8)13/h3-5,10H,15H2,1-2H3. The average molecular weight is 210 g/mol. The number of nitrogens with zero attached hydrogens (tertiary/aromatic N) is 1. The zero-order valence-corrected chi connectivity index (χ0v) is 8.59. The van der Waals surface area contributed by atoms with Crippen molar-refractivity contribution in [1.82, 2.24) is 0 Å². The zero-order valence-electron chi connectivity index (χ0n) is 8.59. The van der Waals surface area contributed by atoms with Crippen LogP contribution in [-0.2, 0) is 0 Å². The lowest BCUT2D eigenvalue weighted by atomic mass is 9.82. The van der Waals surface area contributed by atoms with E-state index < -0.39 is 23.1 Å². The molecule has 0 aromatic heterocycles. The third kappa shape index (κ3) is 2.31. The van der Waals surface area contributed by atoms with E-state index in [1.165, 1.54) is 6.07 Å². The largest absolute Gasteiger partial charge is 0.323 e. The van der Waals surface area contributed by atoms with Crippen LogP contribution in [0.5, 0.6) is 0 Å². The monoisotopic (exact) mass is 210 g/mol. The van der Waals surface area contributed by atoms with Gasteiger partial charge in [0.2, 0.25) is 0 Å². The second-order valence-electron chi connectivity index (χ2n) is 3.98. The Morgan fingerprint density at radius 2 is 2.00 bits per heavy atom. The molecule has 0 aliphatic heterocycles. The van der Waals surface area contributed by atoms with Crippen LogP contribution in [0.3, 0.4) is 0 Å².